The molecule has 1 unspecified atom stereocenters. The van der Waals surface area contributed by atoms with Gasteiger partial charge in [-0.25, -0.2) is 0 Å². The Morgan fingerprint density at radius 2 is 2.33 bits per heavy atom. The number of allylic oxidation sites excluding steroid dienone is 1. The second kappa shape index (κ2) is 4.51. The van der Waals surface area contributed by atoms with Crippen LogP contribution in [0.15, 0.2) is 12.3 Å². The smallest absolute Gasteiger partial charge is 0.0915 e. The first kappa shape index (κ1) is 9.59. The van der Waals surface area contributed by atoms with E-state index in [1.54, 1.807) is 6.26 Å². The first-order valence-electron chi connectivity index (χ1n) is 4.70. The Morgan fingerprint density at radius 1 is 1.58 bits per heavy atom. The summed E-state index contributed by atoms with van der Waals surface area (Å²) in [5.41, 5.74) is 0.235. The van der Waals surface area contributed by atoms with Crippen LogP contribution in [0.3, 0.4) is 0 Å². The summed E-state index contributed by atoms with van der Waals surface area (Å²) in [7, 11) is 0. The van der Waals surface area contributed by atoms with E-state index in [1.807, 2.05) is 13.0 Å². The van der Waals surface area contributed by atoms with Gasteiger partial charge >= 0.3 is 0 Å². The quantitative estimate of drug-likeness (QED) is 0.347. The fourth-order valence-corrected chi connectivity index (χ4v) is 1.27. The average molecular weight is 170 g/mol. The van der Waals surface area contributed by atoms with Crippen LogP contribution in [0, 0.1) is 0 Å². The molecule has 0 bridgehead atoms. The minimum atomic E-state index is 0.235. The van der Waals surface area contributed by atoms with Crippen LogP contribution in [0.1, 0.15) is 33.1 Å². The molecule has 0 aromatic rings. The molecule has 0 aromatic carbocycles. The predicted octanol–water partition coefficient (Wildman–Crippen LogP) is 2.50. The minimum Gasteiger partial charge on any atom is -0.502 e. The third-order valence-corrected chi connectivity index (χ3v) is 2.32. The van der Waals surface area contributed by atoms with Gasteiger partial charge in [0, 0.05) is 0 Å². The molecule has 1 saturated heterocycles. The van der Waals surface area contributed by atoms with Crippen LogP contribution in [-0.2, 0) is 9.47 Å². The Kier molecular flexibility index (Phi) is 3.60. The fraction of sp³-hybridized carbons (Fsp3) is 0.800. The Balaban J connectivity index is 1.95. The molecule has 0 saturated carbocycles. The first-order valence-corrected chi connectivity index (χ1v) is 4.70. The molecule has 0 aromatic heterocycles. The van der Waals surface area contributed by atoms with E-state index in [0.29, 0.717) is 0 Å². The van der Waals surface area contributed by atoms with Crippen LogP contribution in [0.4, 0.5) is 0 Å². The molecule has 0 N–H and O–H groups in total. The highest BCUT2D eigenvalue weighted by molar-refractivity contribution is 4.90. The molecule has 1 fully saturated rings. The molecule has 1 rings (SSSR count). The summed E-state index contributed by atoms with van der Waals surface area (Å²) in [6.07, 6.45) is 7.02. The lowest BCUT2D eigenvalue weighted by Crippen LogP contribution is -2.09. The van der Waals surface area contributed by atoms with E-state index in [0.717, 1.165) is 32.5 Å². The second-order valence-corrected chi connectivity index (χ2v) is 3.27. The van der Waals surface area contributed by atoms with Crippen molar-refractivity contribution in [2.75, 3.05) is 13.2 Å². The lowest BCUT2D eigenvalue weighted by molar-refractivity contribution is 0.212. The number of hydrogen-bond donors (Lipinski definition) is 0. The van der Waals surface area contributed by atoms with Crippen LogP contribution >= 0.6 is 0 Å². The highest BCUT2D eigenvalue weighted by Gasteiger charge is 2.41. The monoisotopic (exact) mass is 170 g/mol. The molecule has 2 nitrogen and oxygen atoms in total. The molecule has 2 heteroatoms. The largest absolute Gasteiger partial charge is 0.502 e. The van der Waals surface area contributed by atoms with Gasteiger partial charge in [0.1, 0.15) is 0 Å². The summed E-state index contributed by atoms with van der Waals surface area (Å²) in [6.45, 7) is 5.90. The number of rotatable bonds is 6. The number of ether oxygens (including phenoxy) is 2. The molecule has 0 amide bonds. The SMILES string of the molecule is C/C=C/OCCCC1(CC)CO1. The van der Waals surface area contributed by atoms with Gasteiger partial charge in [0.05, 0.1) is 25.1 Å². The lowest BCUT2D eigenvalue weighted by atomic mass is 10.0. The van der Waals surface area contributed by atoms with Gasteiger partial charge in [0.25, 0.3) is 0 Å². The van der Waals surface area contributed by atoms with Crippen molar-refractivity contribution in [3.8, 4) is 0 Å². The van der Waals surface area contributed by atoms with Crippen molar-refractivity contribution in [1.82, 2.24) is 0 Å². The van der Waals surface area contributed by atoms with Crippen molar-refractivity contribution in [3.63, 3.8) is 0 Å². The molecule has 0 aliphatic carbocycles. The molecule has 1 atom stereocenters. The number of hydrogen-bond acceptors (Lipinski definition) is 2. The zero-order chi connectivity index (χ0) is 8.86. The van der Waals surface area contributed by atoms with Gasteiger partial charge in [-0.15, -0.1) is 0 Å². The molecule has 70 valence electrons. The molecular weight excluding hydrogens is 152 g/mol. The fourth-order valence-electron chi connectivity index (χ4n) is 1.27. The zero-order valence-electron chi connectivity index (χ0n) is 8.01. The van der Waals surface area contributed by atoms with Crippen molar-refractivity contribution in [1.29, 1.82) is 0 Å². The van der Waals surface area contributed by atoms with Gasteiger partial charge in [0.2, 0.25) is 0 Å². The van der Waals surface area contributed by atoms with E-state index < -0.39 is 0 Å². The summed E-state index contributed by atoms with van der Waals surface area (Å²) in [5, 5.41) is 0. The average Bonchev–Trinajstić information content (AvgIpc) is 2.85. The minimum absolute atomic E-state index is 0.235. The van der Waals surface area contributed by atoms with Gasteiger partial charge in [-0.3, -0.25) is 0 Å². The summed E-state index contributed by atoms with van der Waals surface area (Å²) < 4.78 is 10.6. The van der Waals surface area contributed by atoms with Crippen LogP contribution < -0.4 is 0 Å². The van der Waals surface area contributed by atoms with E-state index in [4.69, 9.17) is 9.47 Å². The third-order valence-electron chi connectivity index (χ3n) is 2.32. The number of epoxide rings is 1. The van der Waals surface area contributed by atoms with E-state index in [2.05, 4.69) is 6.92 Å². The van der Waals surface area contributed by atoms with Crippen molar-refractivity contribution in [2.45, 2.75) is 38.7 Å². The van der Waals surface area contributed by atoms with E-state index >= 15 is 0 Å². The predicted molar refractivity (Wildman–Crippen MR) is 49.0 cm³/mol. The maximum Gasteiger partial charge on any atom is 0.0915 e. The first-order chi connectivity index (χ1) is 5.83. The Labute approximate surface area is 74.6 Å². The van der Waals surface area contributed by atoms with Crippen molar-refractivity contribution in [2.24, 2.45) is 0 Å². The van der Waals surface area contributed by atoms with Crippen molar-refractivity contribution >= 4 is 0 Å². The van der Waals surface area contributed by atoms with Gasteiger partial charge < -0.3 is 9.47 Å². The Morgan fingerprint density at radius 3 is 2.83 bits per heavy atom. The zero-order valence-corrected chi connectivity index (χ0v) is 8.01. The topological polar surface area (TPSA) is 21.8 Å². The molecule has 1 heterocycles. The van der Waals surface area contributed by atoms with Crippen LogP contribution in [0.25, 0.3) is 0 Å². The van der Waals surface area contributed by atoms with Gasteiger partial charge in [-0.2, -0.15) is 0 Å². The normalized spacial score (nSPS) is 27.8. The highest BCUT2D eigenvalue weighted by atomic mass is 16.6. The Bertz CT molecular complexity index is 148. The van der Waals surface area contributed by atoms with Gasteiger partial charge in [-0.1, -0.05) is 13.0 Å². The van der Waals surface area contributed by atoms with Crippen molar-refractivity contribution in [3.05, 3.63) is 12.3 Å². The van der Waals surface area contributed by atoms with Crippen LogP contribution in [-0.4, -0.2) is 18.8 Å². The maximum absolute atomic E-state index is 5.38. The second-order valence-electron chi connectivity index (χ2n) is 3.27. The van der Waals surface area contributed by atoms with Crippen molar-refractivity contribution < 1.29 is 9.47 Å². The van der Waals surface area contributed by atoms with E-state index in [1.165, 1.54) is 0 Å². The summed E-state index contributed by atoms with van der Waals surface area (Å²) in [4.78, 5) is 0. The molecule has 0 radical (unpaired) electrons. The molecule has 1 aliphatic heterocycles. The van der Waals surface area contributed by atoms with E-state index in [-0.39, 0.29) is 5.60 Å². The Hall–Kier alpha value is -0.500. The standard InChI is InChI=1S/C10H18O2/c1-3-7-11-8-5-6-10(4-2)9-12-10/h3,7H,4-6,8-9H2,1-2H3/b7-3+. The summed E-state index contributed by atoms with van der Waals surface area (Å²) >= 11 is 0. The molecule has 0 spiro atoms. The van der Waals surface area contributed by atoms with Crippen LogP contribution in [0.2, 0.25) is 0 Å². The third kappa shape index (κ3) is 2.86. The molecular formula is C10H18O2. The molecule has 12 heavy (non-hydrogen) atoms. The lowest BCUT2D eigenvalue weighted by Gasteiger charge is -2.07. The van der Waals surface area contributed by atoms with Gasteiger partial charge in [0.15, 0.2) is 0 Å². The molecule has 1 aliphatic rings. The van der Waals surface area contributed by atoms with Gasteiger partial charge in [-0.05, 0) is 26.2 Å². The summed E-state index contributed by atoms with van der Waals surface area (Å²) in [5.74, 6) is 0. The maximum atomic E-state index is 5.38. The highest BCUT2D eigenvalue weighted by Crippen LogP contribution is 2.35. The summed E-state index contributed by atoms with van der Waals surface area (Å²) in [6, 6.07) is 0. The van der Waals surface area contributed by atoms with E-state index in [9.17, 15) is 0 Å². The van der Waals surface area contributed by atoms with Crippen LogP contribution in [0.5, 0.6) is 0 Å².